The molecule has 0 radical (unpaired) electrons. The van der Waals surface area contributed by atoms with E-state index < -0.39 is 23.5 Å². The van der Waals surface area contributed by atoms with Crippen molar-refractivity contribution in [1.82, 2.24) is 0 Å². The van der Waals surface area contributed by atoms with Crippen molar-refractivity contribution in [3.05, 3.63) is 93.0 Å². The largest absolute Gasteiger partial charge is 0.507 e. The van der Waals surface area contributed by atoms with Gasteiger partial charge in [-0.25, -0.2) is 0 Å². The number of methoxy groups -OCH3 is 2. The Balaban J connectivity index is 2.01. The number of carbonyl (C=O) groups is 2. The van der Waals surface area contributed by atoms with E-state index >= 15 is 0 Å². The van der Waals surface area contributed by atoms with Gasteiger partial charge in [-0.05, 0) is 54.4 Å². The molecule has 1 amide bonds. The smallest absolute Gasteiger partial charge is 0.300 e. The molecule has 8 heteroatoms. The van der Waals surface area contributed by atoms with Gasteiger partial charge in [-0.3, -0.25) is 14.5 Å². The number of anilines is 1. The van der Waals surface area contributed by atoms with Gasteiger partial charge in [-0.15, -0.1) is 0 Å². The van der Waals surface area contributed by atoms with Crippen LogP contribution in [-0.4, -0.2) is 31.0 Å². The lowest BCUT2D eigenvalue weighted by molar-refractivity contribution is -0.132. The molecule has 1 fully saturated rings. The number of carbonyl (C=O) groups excluding carboxylic acids is 2. The number of ketones is 1. The van der Waals surface area contributed by atoms with Crippen molar-refractivity contribution in [3.8, 4) is 11.5 Å². The number of amides is 1. The molecular weight excluding hydrogens is 477 g/mol. The molecule has 1 heterocycles. The van der Waals surface area contributed by atoms with E-state index in [1.807, 2.05) is 31.2 Å². The van der Waals surface area contributed by atoms with Crippen LogP contribution in [0.4, 0.5) is 5.69 Å². The molecule has 174 valence electrons. The maximum absolute atomic E-state index is 13.4. The summed E-state index contributed by atoms with van der Waals surface area (Å²) in [5, 5.41) is 11.8. The van der Waals surface area contributed by atoms with Gasteiger partial charge in [-0.1, -0.05) is 47.5 Å². The summed E-state index contributed by atoms with van der Waals surface area (Å²) in [7, 11) is 2.93. The summed E-state index contributed by atoms with van der Waals surface area (Å²) in [4.78, 5) is 28.0. The lowest BCUT2D eigenvalue weighted by atomic mass is 9.92. The number of ether oxygens (including phenoxy) is 2. The lowest BCUT2D eigenvalue weighted by Gasteiger charge is -2.27. The third kappa shape index (κ3) is 4.00. The van der Waals surface area contributed by atoms with Crippen LogP contribution in [-0.2, 0) is 9.59 Å². The van der Waals surface area contributed by atoms with Crippen molar-refractivity contribution in [2.45, 2.75) is 13.0 Å². The van der Waals surface area contributed by atoms with Crippen LogP contribution in [0.25, 0.3) is 5.76 Å². The van der Waals surface area contributed by atoms with Crippen LogP contribution in [0.5, 0.6) is 11.5 Å². The molecule has 6 nitrogen and oxygen atoms in total. The van der Waals surface area contributed by atoms with Crippen LogP contribution in [0.2, 0.25) is 10.0 Å². The number of Topliss-reactive ketones (excluding diaryl/α,β-unsaturated/α-hetero) is 1. The molecule has 1 saturated heterocycles. The second-order valence-corrected chi connectivity index (χ2v) is 8.54. The number of hydrogen-bond acceptors (Lipinski definition) is 5. The van der Waals surface area contributed by atoms with Crippen molar-refractivity contribution in [2.24, 2.45) is 0 Å². The first-order chi connectivity index (χ1) is 16.3. The van der Waals surface area contributed by atoms with Crippen LogP contribution in [0, 0.1) is 6.92 Å². The molecule has 34 heavy (non-hydrogen) atoms. The van der Waals surface area contributed by atoms with Gasteiger partial charge in [0.25, 0.3) is 11.7 Å². The number of hydrogen-bond donors (Lipinski definition) is 1. The Bertz CT molecular complexity index is 1320. The standard InChI is InChI=1S/C26H21Cl2NO5/c1-14-6-4-5-7-18(14)22-21(23(30)19-12-15(27)13-20(28)25(19)34-3)24(31)26(32)29(22)16-8-10-17(33-2)11-9-16/h4-13,22,30H,1-3H3/b23-21+. The third-order valence-electron chi connectivity index (χ3n) is 5.75. The van der Waals surface area contributed by atoms with Crippen LogP contribution in [0.3, 0.4) is 0 Å². The van der Waals surface area contributed by atoms with Crippen LogP contribution in [0.1, 0.15) is 22.7 Å². The minimum absolute atomic E-state index is 0.0910. The van der Waals surface area contributed by atoms with E-state index in [0.29, 0.717) is 17.0 Å². The number of aryl methyl sites for hydroxylation is 1. The minimum Gasteiger partial charge on any atom is -0.507 e. The minimum atomic E-state index is -0.892. The average Bonchev–Trinajstić information content (AvgIpc) is 3.08. The Morgan fingerprint density at radius 2 is 1.65 bits per heavy atom. The molecule has 1 N–H and O–H groups in total. The fourth-order valence-electron chi connectivity index (χ4n) is 4.12. The first-order valence-corrected chi connectivity index (χ1v) is 11.1. The fraction of sp³-hybridized carbons (Fsp3) is 0.154. The Labute approximate surface area is 206 Å². The monoisotopic (exact) mass is 497 g/mol. The third-order valence-corrected chi connectivity index (χ3v) is 6.24. The zero-order valence-electron chi connectivity index (χ0n) is 18.6. The first kappa shape index (κ1) is 23.7. The molecule has 1 unspecified atom stereocenters. The van der Waals surface area contributed by atoms with Gasteiger partial charge in [-0.2, -0.15) is 0 Å². The number of halogens is 2. The molecule has 1 aliphatic heterocycles. The van der Waals surface area contributed by atoms with Gasteiger partial charge in [0.2, 0.25) is 0 Å². The molecular formula is C26H21Cl2NO5. The number of aliphatic hydroxyl groups is 1. The number of benzene rings is 3. The highest BCUT2D eigenvalue weighted by molar-refractivity contribution is 6.52. The lowest BCUT2D eigenvalue weighted by Crippen LogP contribution is -2.29. The molecule has 3 aromatic carbocycles. The quantitative estimate of drug-likeness (QED) is 0.268. The molecule has 0 saturated carbocycles. The van der Waals surface area contributed by atoms with Gasteiger partial charge in [0.15, 0.2) is 0 Å². The van der Waals surface area contributed by atoms with Gasteiger partial charge in [0.05, 0.1) is 36.4 Å². The summed E-state index contributed by atoms with van der Waals surface area (Å²) in [6.45, 7) is 1.88. The van der Waals surface area contributed by atoms with Crippen molar-refractivity contribution in [1.29, 1.82) is 0 Å². The molecule has 1 atom stereocenters. The Morgan fingerprint density at radius 1 is 0.971 bits per heavy atom. The molecule has 4 rings (SSSR count). The van der Waals surface area contributed by atoms with Crippen molar-refractivity contribution in [3.63, 3.8) is 0 Å². The van der Waals surface area contributed by atoms with Gasteiger partial charge >= 0.3 is 0 Å². The highest BCUT2D eigenvalue weighted by atomic mass is 35.5. The van der Waals surface area contributed by atoms with E-state index in [4.69, 9.17) is 32.7 Å². The topological polar surface area (TPSA) is 76.1 Å². The predicted molar refractivity (Wildman–Crippen MR) is 132 cm³/mol. The average molecular weight is 498 g/mol. The van der Waals surface area contributed by atoms with Crippen LogP contribution in [0.15, 0.2) is 66.2 Å². The second kappa shape index (κ2) is 9.41. The van der Waals surface area contributed by atoms with Gasteiger partial charge in [0, 0.05) is 10.7 Å². The normalized spacial score (nSPS) is 17.2. The van der Waals surface area contributed by atoms with Crippen LogP contribution < -0.4 is 14.4 Å². The Morgan fingerprint density at radius 3 is 2.26 bits per heavy atom. The van der Waals surface area contributed by atoms with E-state index in [9.17, 15) is 14.7 Å². The number of aliphatic hydroxyl groups excluding tert-OH is 1. The van der Waals surface area contributed by atoms with Gasteiger partial charge in [0.1, 0.15) is 17.3 Å². The van der Waals surface area contributed by atoms with E-state index in [-0.39, 0.29) is 26.9 Å². The summed E-state index contributed by atoms with van der Waals surface area (Å²) in [6.07, 6.45) is 0. The number of rotatable bonds is 5. The molecule has 1 aliphatic rings. The maximum Gasteiger partial charge on any atom is 0.300 e. The maximum atomic E-state index is 13.4. The van der Waals surface area contributed by atoms with Crippen molar-refractivity contribution in [2.75, 3.05) is 19.1 Å². The summed E-state index contributed by atoms with van der Waals surface area (Å²) >= 11 is 12.4. The zero-order valence-corrected chi connectivity index (χ0v) is 20.1. The van der Waals surface area contributed by atoms with Crippen molar-refractivity contribution >= 4 is 46.3 Å². The molecule has 3 aromatic rings. The molecule has 0 aliphatic carbocycles. The SMILES string of the molecule is COc1ccc(N2C(=O)C(=O)/C(=C(/O)c3cc(Cl)cc(Cl)c3OC)C2c2ccccc2C)cc1. The first-order valence-electron chi connectivity index (χ1n) is 10.3. The van der Waals surface area contributed by atoms with E-state index in [2.05, 4.69) is 0 Å². The zero-order chi connectivity index (χ0) is 24.6. The summed E-state index contributed by atoms with van der Waals surface area (Å²) < 4.78 is 10.6. The summed E-state index contributed by atoms with van der Waals surface area (Å²) in [5.74, 6) is -1.29. The van der Waals surface area contributed by atoms with Crippen LogP contribution >= 0.6 is 23.2 Å². The van der Waals surface area contributed by atoms with Gasteiger partial charge < -0.3 is 14.6 Å². The predicted octanol–water partition coefficient (Wildman–Crippen LogP) is 5.95. The van der Waals surface area contributed by atoms with E-state index in [1.54, 1.807) is 24.3 Å². The second-order valence-electron chi connectivity index (χ2n) is 7.69. The highest BCUT2D eigenvalue weighted by Crippen LogP contribution is 2.45. The molecule has 0 spiro atoms. The highest BCUT2D eigenvalue weighted by Gasteiger charge is 2.47. The summed E-state index contributed by atoms with van der Waals surface area (Å²) in [6, 6.07) is 16.1. The Kier molecular flexibility index (Phi) is 6.55. The van der Waals surface area contributed by atoms with E-state index in [1.165, 1.54) is 31.3 Å². The molecule has 0 aromatic heterocycles. The van der Waals surface area contributed by atoms with Crippen molar-refractivity contribution < 1.29 is 24.2 Å². The van der Waals surface area contributed by atoms with E-state index in [0.717, 1.165) is 5.56 Å². The summed E-state index contributed by atoms with van der Waals surface area (Å²) in [5.41, 5.74) is 2.03. The fourth-order valence-corrected chi connectivity index (χ4v) is 4.69. The number of nitrogens with zero attached hydrogens (tertiary/aromatic N) is 1. The Hall–Kier alpha value is -3.48. The molecule has 0 bridgehead atoms.